The predicted octanol–water partition coefficient (Wildman–Crippen LogP) is 2.61. The number of carbonyl (C=O) groups excluding carboxylic acids is 1. The van der Waals surface area contributed by atoms with Crippen LogP contribution in [0.4, 0.5) is 4.79 Å². The maximum Gasteiger partial charge on any atom is 0.279 e. The van der Waals surface area contributed by atoms with Crippen molar-refractivity contribution in [2.75, 3.05) is 5.75 Å². The lowest BCUT2D eigenvalue weighted by molar-refractivity contribution is 0.261. The minimum Gasteiger partial charge on any atom is -0.340 e. The van der Waals surface area contributed by atoms with Crippen molar-refractivity contribution < 1.29 is 4.79 Å². The Labute approximate surface area is 93.8 Å². The Hall–Kier alpha value is -1.22. The lowest BCUT2D eigenvalue weighted by atomic mass is 10.1. The second kappa shape index (κ2) is 5.03. The molecular weight excluding hydrogens is 206 g/mol. The van der Waals surface area contributed by atoms with Crippen molar-refractivity contribution in [1.82, 2.24) is 5.32 Å². The minimum atomic E-state index is 0.0874. The standard InChI is InChI=1S/C12H13NOS/c14-12-13-11(9-15-12)8-4-7-10-5-2-1-3-6-10/h1-6,8,11H,7,9H2,(H,13,14)/b8-4+/t11-/m1/s1. The van der Waals surface area contributed by atoms with E-state index < -0.39 is 0 Å². The maximum atomic E-state index is 10.9. The van der Waals surface area contributed by atoms with Gasteiger partial charge in [0.2, 0.25) is 0 Å². The van der Waals surface area contributed by atoms with Gasteiger partial charge in [0.1, 0.15) is 0 Å². The number of allylic oxidation sites excluding steroid dienone is 1. The fraction of sp³-hybridized carbons (Fsp3) is 0.250. The lowest BCUT2D eigenvalue weighted by Gasteiger charge is -2.01. The molecule has 3 heteroatoms. The van der Waals surface area contributed by atoms with Gasteiger partial charge in [-0.3, -0.25) is 4.79 Å². The van der Waals surface area contributed by atoms with E-state index >= 15 is 0 Å². The zero-order valence-electron chi connectivity index (χ0n) is 8.35. The van der Waals surface area contributed by atoms with Crippen LogP contribution in [0.3, 0.4) is 0 Å². The van der Waals surface area contributed by atoms with Gasteiger partial charge < -0.3 is 5.32 Å². The van der Waals surface area contributed by atoms with Gasteiger partial charge in [0.15, 0.2) is 0 Å². The van der Waals surface area contributed by atoms with E-state index in [0.29, 0.717) is 0 Å². The van der Waals surface area contributed by atoms with Gasteiger partial charge in [-0.25, -0.2) is 0 Å². The molecule has 1 saturated heterocycles. The first-order valence-electron chi connectivity index (χ1n) is 4.98. The molecule has 2 rings (SSSR count). The third-order valence-electron chi connectivity index (χ3n) is 2.26. The zero-order valence-corrected chi connectivity index (χ0v) is 9.17. The smallest absolute Gasteiger partial charge is 0.279 e. The second-order valence-corrected chi connectivity index (χ2v) is 4.46. The number of thioether (sulfide) groups is 1. The molecule has 78 valence electrons. The zero-order chi connectivity index (χ0) is 10.5. The van der Waals surface area contributed by atoms with Crippen LogP contribution in [-0.4, -0.2) is 17.0 Å². The van der Waals surface area contributed by atoms with Crippen LogP contribution >= 0.6 is 11.8 Å². The molecule has 1 heterocycles. The first-order valence-corrected chi connectivity index (χ1v) is 5.97. The number of hydrogen-bond donors (Lipinski definition) is 1. The number of carbonyl (C=O) groups is 1. The number of hydrogen-bond acceptors (Lipinski definition) is 2. The molecule has 0 unspecified atom stereocenters. The largest absolute Gasteiger partial charge is 0.340 e. The fourth-order valence-electron chi connectivity index (χ4n) is 1.49. The van der Waals surface area contributed by atoms with E-state index in [1.807, 2.05) is 18.2 Å². The minimum absolute atomic E-state index is 0.0874. The molecule has 1 aliphatic heterocycles. The molecule has 0 saturated carbocycles. The summed E-state index contributed by atoms with van der Waals surface area (Å²) in [5.41, 5.74) is 1.30. The van der Waals surface area contributed by atoms with Crippen LogP contribution in [0.25, 0.3) is 0 Å². The summed E-state index contributed by atoms with van der Waals surface area (Å²) in [5, 5.41) is 2.96. The average Bonchev–Trinajstić information content (AvgIpc) is 2.66. The van der Waals surface area contributed by atoms with Gasteiger partial charge in [-0.05, 0) is 12.0 Å². The van der Waals surface area contributed by atoms with Gasteiger partial charge in [0.25, 0.3) is 5.24 Å². The predicted molar refractivity (Wildman–Crippen MR) is 64.1 cm³/mol. The van der Waals surface area contributed by atoms with E-state index in [2.05, 4.69) is 29.6 Å². The first-order chi connectivity index (χ1) is 7.34. The molecule has 0 radical (unpaired) electrons. The summed E-state index contributed by atoms with van der Waals surface area (Å²) in [6.07, 6.45) is 5.12. The molecule has 2 nitrogen and oxygen atoms in total. The molecule has 15 heavy (non-hydrogen) atoms. The molecule has 1 fully saturated rings. The summed E-state index contributed by atoms with van der Waals surface area (Å²) < 4.78 is 0. The summed E-state index contributed by atoms with van der Waals surface area (Å²) in [7, 11) is 0. The maximum absolute atomic E-state index is 10.9. The van der Waals surface area contributed by atoms with Crippen molar-refractivity contribution >= 4 is 17.0 Å². The first kappa shape index (κ1) is 10.3. The normalized spacial score (nSPS) is 20.8. The van der Waals surface area contributed by atoms with Crippen LogP contribution in [-0.2, 0) is 6.42 Å². The van der Waals surface area contributed by atoms with E-state index in [4.69, 9.17) is 0 Å². The highest BCUT2D eigenvalue weighted by Crippen LogP contribution is 2.13. The van der Waals surface area contributed by atoms with Crippen molar-refractivity contribution in [3.05, 3.63) is 48.0 Å². The highest BCUT2D eigenvalue weighted by Gasteiger charge is 2.18. The highest BCUT2D eigenvalue weighted by molar-refractivity contribution is 8.14. The van der Waals surface area contributed by atoms with Crippen LogP contribution in [0.2, 0.25) is 0 Å². The molecule has 1 aliphatic rings. The number of rotatable bonds is 3. The van der Waals surface area contributed by atoms with Gasteiger partial charge in [-0.1, -0.05) is 54.2 Å². The Morgan fingerprint density at radius 3 is 2.87 bits per heavy atom. The molecule has 0 bridgehead atoms. The SMILES string of the molecule is O=C1N[C@H](/C=C/Cc2ccccc2)CS1. The van der Waals surface area contributed by atoms with Crippen LogP contribution in [0.15, 0.2) is 42.5 Å². The van der Waals surface area contributed by atoms with E-state index in [9.17, 15) is 4.79 Å². The van der Waals surface area contributed by atoms with E-state index in [1.165, 1.54) is 17.3 Å². The molecule has 0 aliphatic carbocycles. The molecule has 1 aromatic carbocycles. The molecule has 1 N–H and O–H groups in total. The summed E-state index contributed by atoms with van der Waals surface area (Å²) in [6, 6.07) is 10.5. The molecular formula is C12H13NOS. The Morgan fingerprint density at radius 1 is 1.40 bits per heavy atom. The summed E-state index contributed by atoms with van der Waals surface area (Å²) in [6.45, 7) is 0. The van der Waals surface area contributed by atoms with Gasteiger partial charge in [0, 0.05) is 5.75 Å². The Bertz CT molecular complexity index is 361. The Kier molecular flexibility index (Phi) is 3.45. The number of amides is 1. The van der Waals surface area contributed by atoms with Crippen molar-refractivity contribution in [3.63, 3.8) is 0 Å². The molecule has 1 atom stereocenters. The van der Waals surface area contributed by atoms with Crippen LogP contribution < -0.4 is 5.32 Å². The van der Waals surface area contributed by atoms with E-state index in [-0.39, 0.29) is 11.3 Å². The summed E-state index contributed by atoms with van der Waals surface area (Å²) in [4.78, 5) is 10.9. The van der Waals surface area contributed by atoms with Crippen molar-refractivity contribution in [2.24, 2.45) is 0 Å². The molecule has 1 amide bonds. The van der Waals surface area contributed by atoms with E-state index in [0.717, 1.165) is 12.2 Å². The molecule has 1 aromatic rings. The number of benzene rings is 1. The fourth-order valence-corrected chi connectivity index (χ4v) is 2.25. The van der Waals surface area contributed by atoms with Gasteiger partial charge in [-0.15, -0.1) is 0 Å². The van der Waals surface area contributed by atoms with Crippen molar-refractivity contribution in [3.8, 4) is 0 Å². The summed E-state index contributed by atoms with van der Waals surface area (Å²) in [5.74, 6) is 0.851. The average molecular weight is 219 g/mol. The Morgan fingerprint density at radius 2 is 2.20 bits per heavy atom. The van der Waals surface area contributed by atoms with Crippen LogP contribution in [0.1, 0.15) is 5.56 Å². The quantitative estimate of drug-likeness (QED) is 0.792. The van der Waals surface area contributed by atoms with Gasteiger partial charge >= 0.3 is 0 Å². The lowest BCUT2D eigenvalue weighted by Crippen LogP contribution is -2.23. The third-order valence-corrected chi connectivity index (χ3v) is 3.17. The monoisotopic (exact) mass is 219 g/mol. The summed E-state index contributed by atoms with van der Waals surface area (Å²) >= 11 is 1.35. The molecule has 0 spiro atoms. The Balaban J connectivity index is 1.83. The molecule has 0 aromatic heterocycles. The third kappa shape index (κ3) is 3.13. The topological polar surface area (TPSA) is 29.1 Å². The second-order valence-electron chi connectivity index (χ2n) is 3.47. The number of nitrogens with one attached hydrogen (secondary N) is 1. The highest BCUT2D eigenvalue weighted by atomic mass is 32.2. The van der Waals surface area contributed by atoms with Crippen LogP contribution in [0.5, 0.6) is 0 Å². The van der Waals surface area contributed by atoms with Gasteiger partial charge in [0.05, 0.1) is 6.04 Å². The van der Waals surface area contributed by atoms with Crippen molar-refractivity contribution in [2.45, 2.75) is 12.5 Å². The van der Waals surface area contributed by atoms with Gasteiger partial charge in [-0.2, -0.15) is 0 Å². The van der Waals surface area contributed by atoms with E-state index in [1.54, 1.807) is 0 Å². The van der Waals surface area contributed by atoms with Crippen molar-refractivity contribution in [1.29, 1.82) is 0 Å². The van der Waals surface area contributed by atoms with Crippen LogP contribution in [0, 0.1) is 0 Å².